The van der Waals surface area contributed by atoms with Crippen LogP contribution in [0.2, 0.25) is 5.02 Å². The zero-order valence-corrected chi connectivity index (χ0v) is 15.9. The number of benzene rings is 3. The van der Waals surface area contributed by atoms with Crippen LogP contribution in [0, 0.1) is 0 Å². The van der Waals surface area contributed by atoms with Gasteiger partial charge in [-0.15, -0.1) is 0 Å². The van der Waals surface area contributed by atoms with Crippen molar-refractivity contribution in [3.63, 3.8) is 0 Å². The lowest BCUT2D eigenvalue weighted by molar-refractivity contribution is 0.152. The van der Waals surface area contributed by atoms with E-state index in [4.69, 9.17) is 11.6 Å². The van der Waals surface area contributed by atoms with E-state index in [0.29, 0.717) is 11.6 Å². The number of anilines is 1. The van der Waals surface area contributed by atoms with Gasteiger partial charge in [-0.2, -0.15) is 0 Å². The summed E-state index contributed by atoms with van der Waals surface area (Å²) >= 11 is 6.31. The number of aliphatic hydroxyl groups is 1. The number of hydrogen-bond acceptors (Lipinski definition) is 3. The molecule has 0 bridgehead atoms. The molecule has 1 aromatic heterocycles. The summed E-state index contributed by atoms with van der Waals surface area (Å²) in [6.07, 6.45) is -0.694. The first-order valence-electron chi connectivity index (χ1n) is 9.33. The van der Waals surface area contributed by atoms with E-state index in [-0.39, 0.29) is 0 Å². The summed E-state index contributed by atoms with van der Waals surface area (Å²) in [6, 6.07) is 22.6. The highest BCUT2D eigenvalue weighted by molar-refractivity contribution is 6.31. The predicted molar refractivity (Wildman–Crippen MR) is 114 cm³/mol. The summed E-state index contributed by atoms with van der Waals surface area (Å²) in [6.45, 7) is 1.35. The van der Waals surface area contributed by atoms with E-state index in [0.717, 1.165) is 45.5 Å². The van der Waals surface area contributed by atoms with Crippen LogP contribution in [0.5, 0.6) is 0 Å². The van der Waals surface area contributed by atoms with Crippen molar-refractivity contribution in [1.29, 1.82) is 0 Å². The van der Waals surface area contributed by atoms with E-state index in [2.05, 4.69) is 52.0 Å². The molecule has 0 fully saturated rings. The van der Waals surface area contributed by atoms with E-state index in [1.165, 1.54) is 5.56 Å². The number of H-pyrrole nitrogens is 1. The maximum absolute atomic E-state index is 10.4. The van der Waals surface area contributed by atoms with E-state index >= 15 is 0 Å². The minimum atomic E-state index is -0.694. The standard InChI is InChI=1S/C23H20ClN3O/c24-19-8-7-17(22-18(19)13-26-23(22)28)21-11-15-10-14(6-9-20(15)27-21)12-25-16-4-2-1-3-5-16/h1-11,23,25-28H,12-13H2. The average Bonchev–Trinajstić information content (AvgIpc) is 3.32. The minimum absolute atomic E-state index is 0.582. The zero-order chi connectivity index (χ0) is 19.1. The van der Waals surface area contributed by atoms with Crippen molar-refractivity contribution < 1.29 is 5.11 Å². The number of nitrogens with one attached hydrogen (secondary N) is 3. The van der Waals surface area contributed by atoms with Crippen molar-refractivity contribution in [2.24, 2.45) is 0 Å². The normalized spacial score (nSPS) is 15.7. The van der Waals surface area contributed by atoms with Gasteiger partial charge in [-0.3, -0.25) is 5.32 Å². The second-order valence-electron chi connectivity index (χ2n) is 7.09. The van der Waals surface area contributed by atoms with Gasteiger partial charge in [0.15, 0.2) is 0 Å². The van der Waals surface area contributed by atoms with Gasteiger partial charge in [0.1, 0.15) is 6.23 Å². The maximum Gasteiger partial charge on any atom is 0.132 e. The van der Waals surface area contributed by atoms with Crippen LogP contribution in [0.1, 0.15) is 22.9 Å². The third-order valence-electron chi connectivity index (χ3n) is 5.29. The highest BCUT2D eigenvalue weighted by Gasteiger charge is 2.26. The van der Waals surface area contributed by atoms with Crippen LogP contribution < -0.4 is 10.6 Å². The van der Waals surface area contributed by atoms with Crippen molar-refractivity contribution in [2.45, 2.75) is 19.3 Å². The first-order valence-corrected chi connectivity index (χ1v) is 9.70. The molecule has 1 unspecified atom stereocenters. The summed E-state index contributed by atoms with van der Waals surface area (Å²) < 4.78 is 0. The van der Waals surface area contributed by atoms with Crippen LogP contribution in [-0.4, -0.2) is 10.1 Å². The Morgan fingerprint density at radius 2 is 1.89 bits per heavy atom. The predicted octanol–water partition coefficient (Wildman–Crippen LogP) is 5.19. The highest BCUT2D eigenvalue weighted by atomic mass is 35.5. The molecule has 4 N–H and O–H groups in total. The smallest absolute Gasteiger partial charge is 0.132 e. The topological polar surface area (TPSA) is 60.1 Å². The number of rotatable bonds is 4. The Balaban J connectivity index is 1.47. The quantitative estimate of drug-likeness (QED) is 0.388. The number of aromatic nitrogens is 1. The molecule has 4 nitrogen and oxygen atoms in total. The molecule has 5 heteroatoms. The van der Waals surface area contributed by atoms with Gasteiger partial charge in [0.25, 0.3) is 0 Å². The molecular formula is C23H20ClN3O. The van der Waals surface area contributed by atoms with Gasteiger partial charge in [-0.25, -0.2) is 0 Å². The van der Waals surface area contributed by atoms with E-state index in [9.17, 15) is 5.11 Å². The monoisotopic (exact) mass is 389 g/mol. The van der Waals surface area contributed by atoms with E-state index < -0.39 is 6.23 Å². The molecule has 0 aliphatic carbocycles. The van der Waals surface area contributed by atoms with Crippen molar-refractivity contribution in [1.82, 2.24) is 10.3 Å². The SMILES string of the molecule is OC1NCc2c(Cl)ccc(-c3cc4cc(CNc5ccccc5)ccc4[nH]3)c21. The lowest BCUT2D eigenvalue weighted by atomic mass is 10.00. The van der Waals surface area contributed by atoms with Gasteiger partial charge >= 0.3 is 0 Å². The summed E-state index contributed by atoms with van der Waals surface area (Å²) in [7, 11) is 0. The fourth-order valence-electron chi connectivity index (χ4n) is 3.86. The van der Waals surface area contributed by atoms with Gasteiger partial charge in [-0.1, -0.05) is 41.9 Å². The maximum atomic E-state index is 10.4. The number of aromatic amines is 1. The first kappa shape index (κ1) is 17.3. The number of para-hydroxylation sites is 1. The number of fused-ring (bicyclic) bond motifs is 2. The van der Waals surface area contributed by atoms with Gasteiger partial charge < -0.3 is 15.4 Å². The molecule has 28 heavy (non-hydrogen) atoms. The average molecular weight is 390 g/mol. The second-order valence-corrected chi connectivity index (χ2v) is 7.50. The van der Waals surface area contributed by atoms with Gasteiger partial charge in [0, 0.05) is 51.5 Å². The van der Waals surface area contributed by atoms with Gasteiger partial charge in [0.05, 0.1) is 0 Å². The van der Waals surface area contributed by atoms with Crippen molar-refractivity contribution >= 4 is 28.2 Å². The van der Waals surface area contributed by atoms with E-state index in [1.54, 1.807) is 0 Å². The Kier molecular flexibility index (Phi) is 4.32. The summed E-state index contributed by atoms with van der Waals surface area (Å²) in [5.41, 5.74) is 7.20. The van der Waals surface area contributed by atoms with Gasteiger partial charge in [0.2, 0.25) is 0 Å². The fraction of sp³-hybridized carbons (Fsp3) is 0.130. The second kappa shape index (κ2) is 6.99. The molecule has 0 spiro atoms. The molecule has 4 aromatic rings. The third kappa shape index (κ3) is 3.06. The third-order valence-corrected chi connectivity index (χ3v) is 5.65. The number of aliphatic hydroxyl groups excluding tert-OH is 1. The lowest BCUT2D eigenvalue weighted by Crippen LogP contribution is -2.10. The lowest BCUT2D eigenvalue weighted by Gasteiger charge is -2.11. The molecule has 1 aliphatic rings. The van der Waals surface area contributed by atoms with E-state index in [1.807, 2.05) is 30.3 Å². The zero-order valence-electron chi connectivity index (χ0n) is 15.2. The van der Waals surface area contributed by atoms with Crippen LogP contribution >= 0.6 is 11.6 Å². The number of hydrogen-bond donors (Lipinski definition) is 4. The molecule has 5 rings (SSSR count). The Morgan fingerprint density at radius 3 is 2.75 bits per heavy atom. The van der Waals surface area contributed by atoms with Crippen LogP contribution in [0.4, 0.5) is 5.69 Å². The van der Waals surface area contributed by atoms with Crippen LogP contribution in [0.15, 0.2) is 66.7 Å². The van der Waals surface area contributed by atoms with Crippen LogP contribution in [-0.2, 0) is 13.1 Å². The molecule has 2 heterocycles. The molecule has 0 saturated carbocycles. The molecule has 0 saturated heterocycles. The Morgan fingerprint density at radius 1 is 1.04 bits per heavy atom. The van der Waals surface area contributed by atoms with Crippen molar-refractivity contribution in [2.75, 3.05) is 5.32 Å². The minimum Gasteiger partial charge on any atom is -0.381 e. The summed E-state index contributed by atoms with van der Waals surface area (Å²) in [4.78, 5) is 3.48. The highest BCUT2D eigenvalue weighted by Crippen LogP contribution is 2.38. The van der Waals surface area contributed by atoms with Crippen molar-refractivity contribution in [3.8, 4) is 11.3 Å². The van der Waals surface area contributed by atoms with Gasteiger partial charge in [-0.05, 0) is 47.5 Å². The molecule has 0 radical (unpaired) electrons. The summed E-state index contributed by atoms with van der Waals surface area (Å²) in [5, 5.41) is 18.7. The molecular weight excluding hydrogens is 370 g/mol. The van der Waals surface area contributed by atoms with Crippen LogP contribution in [0.25, 0.3) is 22.2 Å². The fourth-order valence-corrected chi connectivity index (χ4v) is 4.09. The Labute approximate surface area is 168 Å². The molecule has 0 amide bonds. The number of halogens is 1. The molecule has 1 atom stereocenters. The first-order chi connectivity index (χ1) is 13.7. The Bertz CT molecular complexity index is 1150. The Hall–Kier alpha value is -2.79. The largest absolute Gasteiger partial charge is 0.381 e. The van der Waals surface area contributed by atoms with Crippen LogP contribution in [0.3, 0.4) is 0 Å². The molecule has 3 aromatic carbocycles. The molecule has 140 valence electrons. The summed E-state index contributed by atoms with van der Waals surface area (Å²) in [5.74, 6) is 0. The molecule has 1 aliphatic heterocycles. The van der Waals surface area contributed by atoms with Crippen molar-refractivity contribution in [3.05, 3.63) is 88.4 Å².